The number of rotatable bonds is 6. The van der Waals surface area contributed by atoms with E-state index in [-0.39, 0.29) is 18.9 Å². The maximum atomic E-state index is 12.1. The maximum Gasteiger partial charge on any atom is 0.357 e. The molecule has 0 aromatic carbocycles. The van der Waals surface area contributed by atoms with Crippen molar-refractivity contribution in [1.29, 1.82) is 5.26 Å². The Bertz CT molecular complexity index is 621. The molecule has 0 fully saturated rings. The van der Waals surface area contributed by atoms with Crippen molar-refractivity contribution in [2.75, 3.05) is 13.2 Å². The Morgan fingerprint density at radius 2 is 1.67 bits per heavy atom. The van der Waals surface area contributed by atoms with E-state index >= 15 is 0 Å². The van der Waals surface area contributed by atoms with Crippen molar-refractivity contribution in [3.05, 3.63) is 35.3 Å². The Hall–Kier alpha value is -1.68. The third-order valence-corrected chi connectivity index (χ3v) is 3.87. The lowest BCUT2D eigenvalue weighted by Gasteiger charge is -2.26. The van der Waals surface area contributed by atoms with Crippen LogP contribution in [0.2, 0.25) is 0 Å². The third-order valence-electron chi connectivity index (χ3n) is 2.87. The van der Waals surface area contributed by atoms with Crippen molar-refractivity contribution in [2.24, 2.45) is 5.92 Å². The molecule has 1 aliphatic heterocycles. The van der Waals surface area contributed by atoms with Crippen LogP contribution in [0.3, 0.4) is 0 Å². The molecule has 1 aliphatic rings. The van der Waals surface area contributed by atoms with Crippen LogP contribution in [-0.2, 0) is 19.1 Å². The van der Waals surface area contributed by atoms with Gasteiger partial charge in [-0.2, -0.15) is 5.26 Å². The van der Waals surface area contributed by atoms with Crippen molar-refractivity contribution in [1.82, 2.24) is 4.90 Å². The van der Waals surface area contributed by atoms with Crippen LogP contribution >= 0.6 is 34.8 Å². The first-order chi connectivity index (χ1) is 11.3. The number of nitrogens with zero attached hydrogens (tertiary/aromatic N) is 2. The van der Waals surface area contributed by atoms with Crippen molar-refractivity contribution in [2.45, 2.75) is 18.2 Å². The molecule has 0 N–H and O–H groups in total. The van der Waals surface area contributed by atoms with Crippen molar-refractivity contribution in [3.63, 3.8) is 0 Å². The molecule has 24 heavy (non-hydrogen) atoms. The first-order valence-electron chi connectivity index (χ1n) is 6.96. The zero-order valence-corrected chi connectivity index (χ0v) is 15.2. The van der Waals surface area contributed by atoms with E-state index in [1.54, 1.807) is 19.9 Å². The lowest BCUT2D eigenvalue weighted by Crippen LogP contribution is -2.28. The summed E-state index contributed by atoms with van der Waals surface area (Å²) >= 11 is 17.7. The van der Waals surface area contributed by atoms with Crippen LogP contribution in [0.1, 0.15) is 13.8 Å². The molecule has 1 heterocycles. The summed E-state index contributed by atoms with van der Waals surface area (Å²) < 4.78 is 8.06. The SMILES string of the molecule is CCOC(=O)/C(Cl)=C(\C(=O)OCC)N1C=CC(C(Cl)(Cl)C#N)C=C1. The molecule has 0 aromatic rings. The highest BCUT2D eigenvalue weighted by Gasteiger charge is 2.34. The minimum atomic E-state index is -1.65. The topological polar surface area (TPSA) is 79.6 Å². The highest BCUT2D eigenvalue weighted by molar-refractivity contribution is 6.50. The van der Waals surface area contributed by atoms with Crippen LogP contribution < -0.4 is 0 Å². The zero-order valence-electron chi connectivity index (χ0n) is 13.0. The summed E-state index contributed by atoms with van der Waals surface area (Å²) in [4.78, 5) is 25.2. The van der Waals surface area contributed by atoms with Gasteiger partial charge in [0.25, 0.3) is 0 Å². The number of esters is 2. The van der Waals surface area contributed by atoms with E-state index in [1.807, 2.05) is 0 Å². The Morgan fingerprint density at radius 1 is 1.17 bits per heavy atom. The molecule has 0 saturated heterocycles. The van der Waals surface area contributed by atoms with E-state index < -0.39 is 27.2 Å². The Kier molecular flexibility index (Phi) is 7.61. The molecule has 0 spiro atoms. The van der Waals surface area contributed by atoms with E-state index in [4.69, 9.17) is 49.5 Å². The fraction of sp³-hybridized carbons (Fsp3) is 0.400. The summed E-state index contributed by atoms with van der Waals surface area (Å²) in [5, 5.41) is 8.51. The monoisotopic (exact) mass is 392 g/mol. The standard InChI is InChI=1S/C15H15Cl3N2O4/c1-3-23-13(21)11(16)12(14(22)24-4-2)20-7-5-10(6-8-20)15(17,18)9-19/h5-8,10H,3-4H2,1-2H3/b12-11-. The van der Waals surface area contributed by atoms with Gasteiger partial charge >= 0.3 is 11.9 Å². The number of alkyl halides is 2. The normalized spacial score (nSPS) is 15.6. The summed E-state index contributed by atoms with van der Waals surface area (Å²) in [6.07, 6.45) is 5.82. The highest BCUT2D eigenvalue weighted by Crippen LogP contribution is 2.34. The second kappa shape index (κ2) is 8.97. The number of carbonyl (C=O) groups is 2. The lowest BCUT2D eigenvalue weighted by atomic mass is 10.0. The predicted molar refractivity (Wildman–Crippen MR) is 89.8 cm³/mol. The second-order valence-corrected chi connectivity index (χ2v) is 6.22. The minimum absolute atomic E-state index is 0.0973. The number of nitriles is 1. The molecular formula is C15H15Cl3N2O4. The summed E-state index contributed by atoms with van der Waals surface area (Å²) in [7, 11) is 0. The first-order valence-corrected chi connectivity index (χ1v) is 8.09. The second-order valence-electron chi connectivity index (χ2n) is 4.45. The summed E-state index contributed by atoms with van der Waals surface area (Å²) in [6, 6.07) is 1.76. The fourth-order valence-electron chi connectivity index (χ4n) is 1.75. The molecule has 0 saturated carbocycles. The smallest absolute Gasteiger partial charge is 0.357 e. The number of ether oxygens (including phenoxy) is 2. The van der Waals surface area contributed by atoms with Crippen molar-refractivity contribution >= 4 is 46.7 Å². The van der Waals surface area contributed by atoms with Gasteiger partial charge in [-0.3, -0.25) is 0 Å². The number of carbonyl (C=O) groups excluding carboxylic acids is 2. The van der Waals surface area contributed by atoms with Gasteiger partial charge in [-0.25, -0.2) is 9.59 Å². The van der Waals surface area contributed by atoms with Gasteiger partial charge in [0.05, 0.1) is 13.2 Å². The molecule has 130 valence electrons. The van der Waals surface area contributed by atoms with E-state index in [0.29, 0.717) is 0 Å². The van der Waals surface area contributed by atoms with Gasteiger partial charge < -0.3 is 14.4 Å². The van der Waals surface area contributed by atoms with Gasteiger partial charge in [-0.1, -0.05) is 47.0 Å². The van der Waals surface area contributed by atoms with E-state index in [2.05, 4.69) is 0 Å². The van der Waals surface area contributed by atoms with Crippen molar-refractivity contribution in [3.8, 4) is 6.07 Å². The molecule has 6 nitrogen and oxygen atoms in total. The Balaban J connectivity index is 3.16. The molecule has 0 aliphatic carbocycles. The van der Waals surface area contributed by atoms with Crippen LogP contribution in [0.25, 0.3) is 0 Å². The van der Waals surface area contributed by atoms with Crippen LogP contribution in [-0.4, -0.2) is 34.4 Å². The summed E-state index contributed by atoms with van der Waals surface area (Å²) in [6.45, 7) is 3.43. The van der Waals surface area contributed by atoms with Gasteiger partial charge in [-0.05, 0) is 13.8 Å². The van der Waals surface area contributed by atoms with Gasteiger partial charge in [0.15, 0.2) is 10.7 Å². The van der Waals surface area contributed by atoms with E-state index in [0.717, 1.165) is 0 Å². The van der Waals surface area contributed by atoms with Crippen LogP contribution in [0.15, 0.2) is 35.3 Å². The first kappa shape index (κ1) is 20.4. The molecular weight excluding hydrogens is 379 g/mol. The minimum Gasteiger partial charge on any atom is -0.462 e. The number of allylic oxidation sites excluding steroid dienone is 2. The number of hydrogen-bond donors (Lipinski definition) is 0. The van der Waals surface area contributed by atoms with Crippen LogP contribution in [0.5, 0.6) is 0 Å². The van der Waals surface area contributed by atoms with E-state index in [9.17, 15) is 9.59 Å². The van der Waals surface area contributed by atoms with Gasteiger partial charge in [-0.15, -0.1) is 0 Å². The van der Waals surface area contributed by atoms with Gasteiger partial charge in [0.2, 0.25) is 4.33 Å². The number of hydrogen-bond acceptors (Lipinski definition) is 6. The number of halogens is 3. The lowest BCUT2D eigenvalue weighted by molar-refractivity contribution is -0.142. The summed E-state index contributed by atoms with van der Waals surface area (Å²) in [5.41, 5.74) is -0.213. The Morgan fingerprint density at radius 3 is 2.12 bits per heavy atom. The molecule has 0 aromatic heterocycles. The van der Waals surface area contributed by atoms with Crippen LogP contribution in [0.4, 0.5) is 0 Å². The zero-order chi connectivity index (χ0) is 18.3. The summed E-state index contributed by atoms with van der Waals surface area (Å²) in [5.74, 6) is -2.26. The van der Waals surface area contributed by atoms with Crippen molar-refractivity contribution < 1.29 is 19.1 Å². The quantitative estimate of drug-likeness (QED) is 0.391. The largest absolute Gasteiger partial charge is 0.462 e. The fourth-order valence-corrected chi connectivity index (χ4v) is 2.27. The molecule has 1 rings (SSSR count). The molecule has 0 unspecified atom stereocenters. The molecule has 0 bridgehead atoms. The molecule has 0 atom stereocenters. The average Bonchev–Trinajstić information content (AvgIpc) is 2.56. The van der Waals surface area contributed by atoms with Gasteiger partial charge in [0.1, 0.15) is 6.07 Å². The van der Waals surface area contributed by atoms with Gasteiger partial charge in [0, 0.05) is 18.3 Å². The molecule has 0 radical (unpaired) electrons. The molecule has 9 heteroatoms. The maximum absolute atomic E-state index is 12.1. The highest BCUT2D eigenvalue weighted by atomic mass is 35.5. The molecule has 0 amide bonds. The van der Waals surface area contributed by atoms with Crippen LogP contribution in [0, 0.1) is 17.2 Å². The van der Waals surface area contributed by atoms with E-state index in [1.165, 1.54) is 29.5 Å². The Labute approximate surface area is 154 Å². The predicted octanol–water partition coefficient (Wildman–Crippen LogP) is 3.22. The average molecular weight is 394 g/mol. The third kappa shape index (κ3) is 4.91.